The molecule has 138 valence electrons. The zero-order valence-electron chi connectivity index (χ0n) is 14.4. The van der Waals surface area contributed by atoms with Crippen molar-refractivity contribution in [3.63, 3.8) is 0 Å². The van der Waals surface area contributed by atoms with Crippen molar-refractivity contribution in [1.29, 1.82) is 0 Å². The van der Waals surface area contributed by atoms with Crippen molar-refractivity contribution in [2.24, 2.45) is 0 Å². The van der Waals surface area contributed by atoms with E-state index >= 15 is 0 Å². The van der Waals surface area contributed by atoms with Crippen molar-refractivity contribution < 1.29 is 23.8 Å². The number of amides is 2. The average Bonchev–Trinajstić information content (AvgIpc) is 3.27. The van der Waals surface area contributed by atoms with Gasteiger partial charge in [0.2, 0.25) is 6.79 Å². The molecule has 0 saturated carbocycles. The summed E-state index contributed by atoms with van der Waals surface area (Å²) >= 11 is 0. The Balaban J connectivity index is 1.50. The summed E-state index contributed by atoms with van der Waals surface area (Å²) in [5.74, 6) is 0.751. The number of aromatic nitrogens is 2. The summed E-state index contributed by atoms with van der Waals surface area (Å²) in [6, 6.07) is 8.01. The number of benzene rings is 1. The number of esters is 1. The lowest BCUT2D eigenvalue weighted by atomic mass is 10.2. The van der Waals surface area contributed by atoms with Crippen LogP contribution >= 0.6 is 0 Å². The first kappa shape index (κ1) is 16.7. The number of anilines is 2. The molecule has 0 fully saturated rings. The van der Waals surface area contributed by atoms with Crippen LogP contribution in [0.15, 0.2) is 42.7 Å². The predicted octanol–water partition coefficient (Wildman–Crippen LogP) is 2.88. The van der Waals surface area contributed by atoms with Gasteiger partial charge in [-0.25, -0.2) is 14.1 Å². The van der Waals surface area contributed by atoms with Gasteiger partial charge in [0, 0.05) is 23.6 Å². The molecule has 1 aromatic carbocycles. The van der Waals surface area contributed by atoms with Gasteiger partial charge in [-0.3, -0.25) is 0 Å². The molecule has 0 spiro atoms. The first-order valence-electron chi connectivity index (χ1n) is 8.26. The molecular formula is C18H16N4O5. The van der Waals surface area contributed by atoms with E-state index in [1.807, 2.05) is 0 Å². The van der Waals surface area contributed by atoms with Crippen LogP contribution in [0.2, 0.25) is 0 Å². The van der Waals surface area contributed by atoms with E-state index < -0.39 is 12.0 Å². The van der Waals surface area contributed by atoms with Gasteiger partial charge in [-0.15, -0.1) is 0 Å². The molecule has 2 aromatic heterocycles. The van der Waals surface area contributed by atoms with Crippen LogP contribution < -0.4 is 20.1 Å². The van der Waals surface area contributed by atoms with Crippen LogP contribution in [0, 0.1) is 0 Å². The Labute approximate surface area is 153 Å². The summed E-state index contributed by atoms with van der Waals surface area (Å²) in [6.45, 7) is 2.17. The summed E-state index contributed by atoms with van der Waals surface area (Å²) in [6.07, 6.45) is 3.08. The molecule has 2 N–H and O–H groups in total. The Hall–Kier alpha value is -3.75. The molecule has 9 heteroatoms. The van der Waals surface area contributed by atoms with Crippen molar-refractivity contribution in [3.8, 4) is 11.5 Å². The molecule has 0 radical (unpaired) electrons. The van der Waals surface area contributed by atoms with Crippen LogP contribution in [-0.2, 0) is 4.74 Å². The minimum Gasteiger partial charge on any atom is -0.462 e. The summed E-state index contributed by atoms with van der Waals surface area (Å²) in [5.41, 5.74) is 1.94. The van der Waals surface area contributed by atoms with Gasteiger partial charge in [0.15, 0.2) is 11.5 Å². The number of nitrogens with zero attached hydrogens (tertiary/aromatic N) is 2. The van der Waals surface area contributed by atoms with E-state index in [4.69, 9.17) is 14.2 Å². The molecule has 0 atom stereocenters. The van der Waals surface area contributed by atoms with Gasteiger partial charge in [-0.05, 0) is 31.2 Å². The number of hydrogen-bond acceptors (Lipinski definition) is 6. The second-order valence-corrected chi connectivity index (χ2v) is 5.67. The largest absolute Gasteiger partial charge is 0.462 e. The van der Waals surface area contributed by atoms with Crippen molar-refractivity contribution in [2.75, 3.05) is 24.0 Å². The maximum Gasteiger partial charge on any atom is 0.341 e. The van der Waals surface area contributed by atoms with Crippen LogP contribution in [0.5, 0.6) is 11.5 Å². The van der Waals surface area contributed by atoms with E-state index in [9.17, 15) is 9.59 Å². The van der Waals surface area contributed by atoms with Gasteiger partial charge in [0.05, 0.1) is 18.3 Å². The molecule has 0 aliphatic carbocycles. The topological polar surface area (TPSA) is 103 Å². The number of carbonyl (C=O) groups excluding carboxylic acids is 2. The Morgan fingerprint density at radius 2 is 1.93 bits per heavy atom. The molecule has 27 heavy (non-hydrogen) atoms. The number of urea groups is 1. The monoisotopic (exact) mass is 368 g/mol. The van der Waals surface area contributed by atoms with Crippen LogP contribution in [0.4, 0.5) is 16.2 Å². The lowest BCUT2D eigenvalue weighted by Crippen LogP contribution is -2.19. The summed E-state index contributed by atoms with van der Waals surface area (Å²) in [7, 11) is 0. The van der Waals surface area contributed by atoms with E-state index in [1.165, 1.54) is 10.7 Å². The molecule has 0 bridgehead atoms. The number of nitrogens with one attached hydrogen (secondary N) is 2. The maximum atomic E-state index is 12.3. The van der Waals surface area contributed by atoms with Gasteiger partial charge in [0.1, 0.15) is 5.56 Å². The normalized spacial score (nSPS) is 12.0. The Morgan fingerprint density at radius 3 is 2.74 bits per heavy atom. The SMILES string of the molecule is CCOC(=O)c1cnn2ccc(NC(=O)Nc3ccc4c(c3)OCO4)cc12. The summed E-state index contributed by atoms with van der Waals surface area (Å²) < 4.78 is 17.1. The van der Waals surface area contributed by atoms with Crippen LogP contribution in [0.25, 0.3) is 5.52 Å². The van der Waals surface area contributed by atoms with E-state index in [2.05, 4.69) is 15.7 Å². The van der Waals surface area contributed by atoms with E-state index in [1.54, 1.807) is 43.5 Å². The molecule has 1 aliphatic rings. The minimum atomic E-state index is -0.463. The third kappa shape index (κ3) is 3.34. The van der Waals surface area contributed by atoms with Crippen molar-refractivity contribution in [2.45, 2.75) is 6.92 Å². The highest BCUT2D eigenvalue weighted by Crippen LogP contribution is 2.34. The van der Waals surface area contributed by atoms with Gasteiger partial charge >= 0.3 is 12.0 Å². The number of fused-ring (bicyclic) bond motifs is 2. The molecule has 0 saturated heterocycles. The highest BCUT2D eigenvalue weighted by Gasteiger charge is 2.16. The first-order valence-corrected chi connectivity index (χ1v) is 8.26. The highest BCUT2D eigenvalue weighted by molar-refractivity contribution is 6.01. The van der Waals surface area contributed by atoms with E-state index in [0.717, 1.165) is 0 Å². The van der Waals surface area contributed by atoms with Crippen LogP contribution in [0.1, 0.15) is 17.3 Å². The Kier molecular flexibility index (Phi) is 4.25. The van der Waals surface area contributed by atoms with E-state index in [-0.39, 0.29) is 13.4 Å². The third-order valence-corrected chi connectivity index (χ3v) is 3.91. The Bertz CT molecular complexity index is 1030. The maximum absolute atomic E-state index is 12.3. The fourth-order valence-corrected chi connectivity index (χ4v) is 2.69. The van der Waals surface area contributed by atoms with Crippen molar-refractivity contribution >= 4 is 28.9 Å². The number of pyridine rings is 1. The fourth-order valence-electron chi connectivity index (χ4n) is 2.69. The molecular weight excluding hydrogens is 352 g/mol. The number of hydrogen-bond donors (Lipinski definition) is 2. The third-order valence-electron chi connectivity index (χ3n) is 3.91. The first-order chi connectivity index (χ1) is 13.1. The number of ether oxygens (including phenoxy) is 3. The predicted molar refractivity (Wildman–Crippen MR) is 96.4 cm³/mol. The summed E-state index contributed by atoms with van der Waals surface area (Å²) in [5, 5.41) is 9.55. The van der Waals surface area contributed by atoms with Gasteiger partial charge in [0.25, 0.3) is 0 Å². The second-order valence-electron chi connectivity index (χ2n) is 5.67. The quantitative estimate of drug-likeness (QED) is 0.687. The van der Waals surface area contributed by atoms with E-state index in [0.29, 0.717) is 34.0 Å². The smallest absolute Gasteiger partial charge is 0.341 e. The minimum absolute atomic E-state index is 0.166. The second kappa shape index (κ2) is 6.87. The molecule has 1 aliphatic heterocycles. The van der Waals surface area contributed by atoms with Crippen molar-refractivity contribution in [3.05, 3.63) is 48.3 Å². The summed E-state index contributed by atoms with van der Waals surface area (Å²) in [4.78, 5) is 24.3. The zero-order chi connectivity index (χ0) is 18.8. The lowest BCUT2D eigenvalue weighted by Gasteiger charge is -2.09. The number of rotatable bonds is 4. The fraction of sp³-hybridized carbons (Fsp3) is 0.167. The molecule has 0 unspecified atom stereocenters. The molecule has 3 heterocycles. The van der Waals surface area contributed by atoms with Gasteiger partial charge in [-0.1, -0.05) is 0 Å². The average molecular weight is 368 g/mol. The highest BCUT2D eigenvalue weighted by atomic mass is 16.7. The lowest BCUT2D eigenvalue weighted by molar-refractivity contribution is 0.0528. The molecule has 4 rings (SSSR count). The van der Waals surface area contributed by atoms with Crippen LogP contribution in [-0.4, -0.2) is 35.0 Å². The van der Waals surface area contributed by atoms with Gasteiger partial charge in [-0.2, -0.15) is 5.10 Å². The molecule has 9 nitrogen and oxygen atoms in total. The van der Waals surface area contributed by atoms with Crippen molar-refractivity contribution in [1.82, 2.24) is 9.61 Å². The number of carbonyl (C=O) groups is 2. The van der Waals surface area contributed by atoms with Gasteiger partial charge < -0.3 is 24.8 Å². The zero-order valence-corrected chi connectivity index (χ0v) is 14.4. The Morgan fingerprint density at radius 1 is 1.15 bits per heavy atom. The standard InChI is InChI=1S/C18H16N4O5/c1-2-25-17(23)13-9-19-22-6-5-12(7-14(13)22)21-18(24)20-11-3-4-15-16(8-11)27-10-26-15/h3-9H,2,10H2,1H3,(H2,20,21,24). The van der Waals surface area contributed by atoms with Crippen LogP contribution in [0.3, 0.4) is 0 Å². The molecule has 2 amide bonds. The molecule has 3 aromatic rings.